The standard InChI is InChI=1S/C20H30N2O6/c1-6-9-21(19(3,4)5)17(25)15-20-8-7-12(28-20)13(18(26)27)14(20)16(24)22(15)11(2)10-23/h6,11-15,23H,1,7-10H2,2-5H3,(H,26,27)/t11-,12-,13+,14+,15?,20?/m1/s1. The predicted octanol–water partition coefficient (Wildman–Crippen LogP) is 0.640. The van der Waals surface area contributed by atoms with Crippen molar-refractivity contribution < 1.29 is 29.3 Å². The van der Waals surface area contributed by atoms with E-state index in [1.165, 1.54) is 4.90 Å². The minimum Gasteiger partial charge on any atom is -0.481 e. The van der Waals surface area contributed by atoms with Gasteiger partial charge in [-0.05, 0) is 40.5 Å². The Hall–Kier alpha value is -1.93. The summed E-state index contributed by atoms with van der Waals surface area (Å²) >= 11 is 0. The summed E-state index contributed by atoms with van der Waals surface area (Å²) in [6.07, 6.45) is 2.02. The lowest BCUT2D eigenvalue weighted by atomic mass is 9.70. The molecule has 0 aliphatic carbocycles. The second-order valence-electron chi connectivity index (χ2n) is 9.08. The van der Waals surface area contributed by atoms with Crippen molar-refractivity contribution in [1.29, 1.82) is 0 Å². The van der Waals surface area contributed by atoms with Crippen LogP contribution in [0.4, 0.5) is 0 Å². The van der Waals surface area contributed by atoms with Crippen molar-refractivity contribution in [2.24, 2.45) is 11.8 Å². The van der Waals surface area contributed by atoms with Crippen molar-refractivity contribution in [2.75, 3.05) is 13.2 Å². The van der Waals surface area contributed by atoms with Crippen LogP contribution in [0.2, 0.25) is 0 Å². The summed E-state index contributed by atoms with van der Waals surface area (Å²) in [4.78, 5) is 41.9. The van der Waals surface area contributed by atoms with E-state index < -0.39 is 53.0 Å². The quantitative estimate of drug-likeness (QED) is 0.640. The Morgan fingerprint density at radius 1 is 1.46 bits per heavy atom. The average Bonchev–Trinajstić information content (AvgIpc) is 3.24. The van der Waals surface area contributed by atoms with Gasteiger partial charge in [0.1, 0.15) is 11.6 Å². The molecule has 0 aromatic rings. The van der Waals surface area contributed by atoms with E-state index in [0.717, 1.165) is 0 Å². The van der Waals surface area contributed by atoms with Gasteiger partial charge < -0.3 is 24.7 Å². The molecule has 6 atom stereocenters. The zero-order chi connectivity index (χ0) is 21.0. The van der Waals surface area contributed by atoms with Gasteiger partial charge in [0.05, 0.1) is 30.6 Å². The number of hydrogen-bond acceptors (Lipinski definition) is 5. The van der Waals surface area contributed by atoms with E-state index in [-0.39, 0.29) is 12.5 Å². The third-order valence-electron chi connectivity index (χ3n) is 6.38. The fraction of sp³-hybridized carbons (Fsp3) is 0.750. The zero-order valence-corrected chi connectivity index (χ0v) is 16.9. The van der Waals surface area contributed by atoms with Gasteiger partial charge in [-0.15, -0.1) is 6.58 Å². The Morgan fingerprint density at radius 3 is 2.61 bits per heavy atom. The van der Waals surface area contributed by atoms with E-state index in [4.69, 9.17) is 4.74 Å². The molecule has 3 fully saturated rings. The Labute approximate surface area is 165 Å². The molecular weight excluding hydrogens is 364 g/mol. The van der Waals surface area contributed by atoms with Gasteiger partial charge in [0.2, 0.25) is 11.8 Å². The molecule has 3 aliphatic heterocycles. The fourth-order valence-corrected chi connectivity index (χ4v) is 5.19. The molecule has 1 spiro atoms. The highest BCUT2D eigenvalue weighted by atomic mass is 16.5. The van der Waals surface area contributed by atoms with E-state index >= 15 is 0 Å². The average molecular weight is 394 g/mol. The summed E-state index contributed by atoms with van der Waals surface area (Å²) in [5, 5.41) is 19.4. The van der Waals surface area contributed by atoms with Gasteiger partial charge in [-0.25, -0.2) is 0 Å². The molecule has 2 N–H and O–H groups in total. The fourth-order valence-electron chi connectivity index (χ4n) is 5.19. The van der Waals surface area contributed by atoms with Gasteiger partial charge in [0, 0.05) is 12.1 Å². The van der Waals surface area contributed by atoms with Crippen LogP contribution in [0.5, 0.6) is 0 Å². The van der Waals surface area contributed by atoms with Crippen molar-refractivity contribution in [3.63, 3.8) is 0 Å². The number of carbonyl (C=O) groups is 3. The summed E-state index contributed by atoms with van der Waals surface area (Å²) in [5.74, 6) is -3.65. The largest absolute Gasteiger partial charge is 0.481 e. The molecule has 28 heavy (non-hydrogen) atoms. The number of aliphatic hydroxyl groups excluding tert-OH is 1. The number of carbonyl (C=O) groups excluding carboxylic acids is 2. The van der Waals surface area contributed by atoms with Gasteiger partial charge in [-0.1, -0.05) is 6.08 Å². The van der Waals surface area contributed by atoms with Crippen molar-refractivity contribution >= 4 is 17.8 Å². The molecule has 3 heterocycles. The Morgan fingerprint density at radius 2 is 2.11 bits per heavy atom. The number of likely N-dealkylation sites (tertiary alicyclic amines) is 1. The number of carboxylic acid groups (broad SMARTS) is 1. The molecule has 156 valence electrons. The highest BCUT2D eigenvalue weighted by Crippen LogP contribution is 2.59. The molecule has 0 aromatic heterocycles. The number of ether oxygens (including phenoxy) is 1. The number of aliphatic hydroxyl groups is 1. The number of hydrogen-bond donors (Lipinski definition) is 2. The number of carboxylic acids is 1. The monoisotopic (exact) mass is 394 g/mol. The van der Waals surface area contributed by atoms with E-state index in [2.05, 4.69) is 6.58 Å². The molecule has 8 heteroatoms. The van der Waals surface area contributed by atoms with E-state index in [0.29, 0.717) is 19.4 Å². The third-order valence-corrected chi connectivity index (χ3v) is 6.38. The molecule has 8 nitrogen and oxygen atoms in total. The van der Waals surface area contributed by atoms with E-state index in [1.54, 1.807) is 17.9 Å². The summed E-state index contributed by atoms with van der Waals surface area (Å²) in [5.41, 5.74) is -1.68. The van der Waals surface area contributed by atoms with Crippen LogP contribution >= 0.6 is 0 Å². The topological polar surface area (TPSA) is 107 Å². The summed E-state index contributed by atoms with van der Waals surface area (Å²) in [6, 6.07) is -1.58. The molecule has 0 aromatic carbocycles. The Kier molecular flexibility index (Phi) is 5.08. The van der Waals surface area contributed by atoms with Crippen LogP contribution in [-0.4, -0.2) is 80.3 Å². The van der Waals surface area contributed by atoms with Crippen LogP contribution in [-0.2, 0) is 19.1 Å². The summed E-state index contributed by atoms with van der Waals surface area (Å²) in [7, 11) is 0. The Balaban J connectivity index is 2.11. The van der Waals surface area contributed by atoms with Gasteiger partial charge >= 0.3 is 5.97 Å². The number of amides is 2. The SMILES string of the molecule is C=CCN(C(=O)C1N([C@H](C)CO)C(=O)[C@@H]2[C@@H](C(=O)O)[C@H]3CCC12O3)C(C)(C)C. The molecule has 2 unspecified atom stereocenters. The van der Waals surface area contributed by atoms with Crippen LogP contribution in [0.1, 0.15) is 40.5 Å². The minimum atomic E-state index is -1.16. The molecule has 3 saturated heterocycles. The van der Waals surface area contributed by atoms with E-state index in [1.807, 2.05) is 20.8 Å². The first kappa shape index (κ1) is 20.8. The molecule has 3 rings (SSSR count). The van der Waals surface area contributed by atoms with Crippen LogP contribution in [0.3, 0.4) is 0 Å². The number of rotatable bonds is 6. The lowest BCUT2D eigenvalue weighted by Crippen LogP contribution is -2.61. The highest BCUT2D eigenvalue weighted by molar-refractivity contribution is 5.98. The molecule has 0 radical (unpaired) electrons. The van der Waals surface area contributed by atoms with Gasteiger partial charge in [-0.2, -0.15) is 0 Å². The molecule has 0 saturated carbocycles. The lowest BCUT2D eigenvalue weighted by molar-refractivity contribution is -0.155. The third kappa shape index (κ3) is 2.76. The zero-order valence-electron chi connectivity index (χ0n) is 16.9. The van der Waals surface area contributed by atoms with Crippen molar-refractivity contribution in [3.8, 4) is 0 Å². The van der Waals surface area contributed by atoms with Crippen molar-refractivity contribution in [1.82, 2.24) is 9.80 Å². The molecular formula is C20H30N2O6. The predicted molar refractivity (Wildman–Crippen MR) is 100 cm³/mol. The first-order valence-electron chi connectivity index (χ1n) is 9.77. The van der Waals surface area contributed by atoms with Crippen molar-refractivity contribution in [2.45, 2.75) is 69.9 Å². The molecule has 3 aliphatic rings. The first-order chi connectivity index (χ1) is 13.0. The maximum absolute atomic E-state index is 13.7. The normalized spacial score (nSPS) is 35.0. The number of fused-ring (bicyclic) bond motifs is 1. The summed E-state index contributed by atoms with van der Waals surface area (Å²) in [6.45, 7) is 11.0. The minimum absolute atomic E-state index is 0.293. The summed E-state index contributed by atoms with van der Waals surface area (Å²) < 4.78 is 6.13. The Bertz CT molecular complexity index is 701. The lowest BCUT2D eigenvalue weighted by Gasteiger charge is -2.43. The second-order valence-corrected chi connectivity index (χ2v) is 9.08. The number of aliphatic carboxylic acids is 1. The van der Waals surface area contributed by atoms with Crippen LogP contribution in [0.25, 0.3) is 0 Å². The molecule has 2 amide bonds. The van der Waals surface area contributed by atoms with Crippen LogP contribution < -0.4 is 0 Å². The second kappa shape index (κ2) is 6.84. The maximum Gasteiger partial charge on any atom is 0.310 e. The number of nitrogens with zero attached hydrogens (tertiary/aromatic N) is 2. The highest BCUT2D eigenvalue weighted by Gasteiger charge is 2.75. The van der Waals surface area contributed by atoms with Gasteiger partial charge in [0.15, 0.2) is 0 Å². The molecule has 2 bridgehead atoms. The van der Waals surface area contributed by atoms with Gasteiger partial charge in [-0.3, -0.25) is 14.4 Å². The van der Waals surface area contributed by atoms with Crippen LogP contribution in [0.15, 0.2) is 12.7 Å². The van der Waals surface area contributed by atoms with Crippen LogP contribution in [0, 0.1) is 11.8 Å². The smallest absolute Gasteiger partial charge is 0.310 e. The van der Waals surface area contributed by atoms with Gasteiger partial charge in [0.25, 0.3) is 0 Å². The first-order valence-corrected chi connectivity index (χ1v) is 9.77. The maximum atomic E-state index is 13.7. The van der Waals surface area contributed by atoms with E-state index in [9.17, 15) is 24.6 Å². The van der Waals surface area contributed by atoms with Crippen molar-refractivity contribution in [3.05, 3.63) is 12.7 Å².